The lowest BCUT2D eigenvalue weighted by molar-refractivity contribution is -0.128. The minimum absolute atomic E-state index is 0.00808. The number of carbonyl (C=O) groups is 2. The topological polar surface area (TPSA) is 58.6 Å². The Hall–Kier alpha value is -2.92. The molecule has 168 valence electrons. The minimum atomic E-state index is -0.211. The smallest absolute Gasteiger partial charge is 0.246 e. The number of rotatable bonds is 5. The fourth-order valence-corrected chi connectivity index (χ4v) is 5.40. The number of piperidine rings is 1. The fourth-order valence-electron chi connectivity index (χ4n) is 5.40. The van der Waals surface area contributed by atoms with Gasteiger partial charge in [0.1, 0.15) is 0 Å². The third kappa shape index (κ3) is 4.22. The summed E-state index contributed by atoms with van der Waals surface area (Å²) in [5.41, 5.74) is 4.16. The highest BCUT2D eigenvalue weighted by Crippen LogP contribution is 2.52. The van der Waals surface area contributed by atoms with Gasteiger partial charge in [0.05, 0.1) is 18.6 Å². The van der Waals surface area contributed by atoms with Gasteiger partial charge in [-0.05, 0) is 43.4 Å². The van der Waals surface area contributed by atoms with Gasteiger partial charge in [-0.25, -0.2) is 0 Å². The summed E-state index contributed by atoms with van der Waals surface area (Å²) in [7, 11) is 1.73. The molecule has 0 aromatic heterocycles. The lowest BCUT2D eigenvalue weighted by atomic mass is 9.72. The molecule has 2 amide bonds. The van der Waals surface area contributed by atoms with E-state index in [2.05, 4.69) is 23.5 Å². The summed E-state index contributed by atoms with van der Waals surface area (Å²) in [5, 5.41) is 3.26. The maximum atomic E-state index is 12.9. The minimum Gasteiger partial charge on any atom is -0.378 e. The van der Waals surface area contributed by atoms with Crippen LogP contribution in [0.1, 0.15) is 49.4 Å². The molecule has 0 radical (unpaired) electrons. The summed E-state index contributed by atoms with van der Waals surface area (Å²) in [5.74, 6) is 0.0686. The zero-order valence-electron chi connectivity index (χ0n) is 19.1. The number of nitrogens with one attached hydrogen (secondary N) is 1. The summed E-state index contributed by atoms with van der Waals surface area (Å²) < 4.78 is 6.08. The van der Waals surface area contributed by atoms with Crippen LogP contribution < -0.4 is 5.32 Å². The number of allylic oxidation sites excluding steroid dienone is 1. The van der Waals surface area contributed by atoms with Crippen molar-refractivity contribution in [1.29, 1.82) is 0 Å². The Balaban J connectivity index is 1.56. The maximum Gasteiger partial charge on any atom is 0.246 e. The quantitative estimate of drug-likeness (QED) is 0.728. The molecule has 0 saturated carbocycles. The first-order valence-electron chi connectivity index (χ1n) is 11.3. The zero-order chi connectivity index (χ0) is 22.7. The van der Waals surface area contributed by atoms with Crippen LogP contribution in [-0.4, -0.2) is 43.0 Å². The van der Waals surface area contributed by atoms with Gasteiger partial charge in [0.25, 0.3) is 0 Å². The van der Waals surface area contributed by atoms with E-state index in [-0.39, 0.29) is 29.4 Å². The number of likely N-dealkylation sites (tertiary alicyclic amines) is 1. The Morgan fingerprint density at radius 2 is 1.72 bits per heavy atom. The second kappa shape index (κ2) is 9.29. The molecule has 1 spiro atoms. The van der Waals surface area contributed by atoms with Crippen molar-refractivity contribution < 1.29 is 14.3 Å². The summed E-state index contributed by atoms with van der Waals surface area (Å²) in [6.07, 6.45) is 3.51. The number of hydrogen-bond donors (Lipinski definition) is 1. The first-order valence-corrected chi connectivity index (χ1v) is 11.3. The van der Waals surface area contributed by atoms with E-state index in [0.29, 0.717) is 19.5 Å². The van der Waals surface area contributed by atoms with E-state index < -0.39 is 0 Å². The van der Waals surface area contributed by atoms with Gasteiger partial charge in [-0.1, -0.05) is 60.2 Å². The third-order valence-electron chi connectivity index (χ3n) is 6.84. The number of ether oxygens (including phenoxy) is 1. The third-order valence-corrected chi connectivity index (χ3v) is 6.84. The van der Waals surface area contributed by atoms with Gasteiger partial charge in [0.2, 0.25) is 11.8 Å². The highest BCUT2D eigenvalue weighted by molar-refractivity contribution is 5.88. The van der Waals surface area contributed by atoms with Gasteiger partial charge in [0, 0.05) is 31.7 Å². The molecule has 1 aliphatic heterocycles. The second-order valence-corrected chi connectivity index (χ2v) is 9.15. The molecule has 0 bridgehead atoms. The Morgan fingerprint density at radius 3 is 2.38 bits per heavy atom. The molecule has 2 atom stereocenters. The molecule has 1 saturated heterocycles. The molecule has 4 rings (SSSR count). The summed E-state index contributed by atoms with van der Waals surface area (Å²) in [4.78, 5) is 27.4. The standard InChI is InChI=1S/C27H32N2O3/c1-19(2)17-24(31)29-15-13-27(14-16-29)22-12-8-7-11-21(22)25(26(27)32-3)28-23(30)18-20-9-5-4-6-10-20/h4-12,17,25-26H,13-16,18H2,1-3H3,(H,28,30)/t25-,26+/m1/s1. The number of fused-ring (bicyclic) bond motifs is 2. The predicted molar refractivity (Wildman–Crippen MR) is 125 cm³/mol. The van der Waals surface area contributed by atoms with Crippen LogP contribution >= 0.6 is 0 Å². The number of carbonyl (C=O) groups excluding carboxylic acids is 2. The van der Waals surface area contributed by atoms with Crippen LogP contribution in [0.15, 0.2) is 66.2 Å². The molecule has 32 heavy (non-hydrogen) atoms. The molecular formula is C27H32N2O3. The van der Waals surface area contributed by atoms with Gasteiger partial charge in [-0.2, -0.15) is 0 Å². The largest absolute Gasteiger partial charge is 0.378 e. The number of benzene rings is 2. The van der Waals surface area contributed by atoms with E-state index in [9.17, 15) is 9.59 Å². The van der Waals surface area contributed by atoms with Gasteiger partial charge in [-0.3, -0.25) is 9.59 Å². The predicted octanol–water partition coefficient (Wildman–Crippen LogP) is 3.94. The molecule has 1 fully saturated rings. The van der Waals surface area contributed by atoms with Gasteiger partial charge in [0.15, 0.2) is 0 Å². The van der Waals surface area contributed by atoms with Crippen LogP contribution in [0.3, 0.4) is 0 Å². The second-order valence-electron chi connectivity index (χ2n) is 9.15. The van der Waals surface area contributed by atoms with Gasteiger partial charge >= 0.3 is 0 Å². The lowest BCUT2D eigenvalue weighted by Crippen LogP contribution is -2.51. The fraction of sp³-hybridized carbons (Fsp3) is 0.407. The SMILES string of the molecule is CO[C@H]1[C@H](NC(=O)Cc2ccccc2)c2ccccc2C12CCN(C(=O)C=C(C)C)CC2. The van der Waals surface area contributed by atoms with E-state index in [4.69, 9.17) is 4.74 Å². The molecule has 2 aromatic carbocycles. The number of nitrogens with zero attached hydrogens (tertiary/aromatic N) is 1. The molecule has 1 heterocycles. The van der Waals surface area contributed by atoms with E-state index in [0.717, 1.165) is 29.5 Å². The van der Waals surface area contributed by atoms with Gasteiger partial charge < -0.3 is 15.0 Å². The highest BCUT2D eigenvalue weighted by Gasteiger charge is 2.54. The Labute approximate surface area is 190 Å². The first-order chi connectivity index (χ1) is 15.4. The van der Waals surface area contributed by atoms with Crippen molar-refractivity contribution in [2.24, 2.45) is 0 Å². The maximum absolute atomic E-state index is 12.9. The highest BCUT2D eigenvalue weighted by atomic mass is 16.5. The number of amides is 2. The van der Waals surface area contributed by atoms with Crippen LogP contribution in [-0.2, 0) is 26.2 Å². The van der Waals surface area contributed by atoms with Crippen molar-refractivity contribution in [3.8, 4) is 0 Å². The summed E-state index contributed by atoms with van der Waals surface area (Å²) in [6, 6.07) is 17.9. The summed E-state index contributed by atoms with van der Waals surface area (Å²) in [6.45, 7) is 5.25. The van der Waals surface area contributed by atoms with E-state index >= 15 is 0 Å². The molecule has 1 aliphatic carbocycles. The van der Waals surface area contributed by atoms with Crippen molar-refractivity contribution in [2.45, 2.75) is 50.7 Å². The first kappa shape index (κ1) is 22.3. The lowest BCUT2D eigenvalue weighted by Gasteiger charge is -2.44. The van der Waals surface area contributed by atoms with Crippen LogP contribution in [0.4, 0.5) is 0 Å². The van der Waals surface area contributed by atoms with Crippen LogP contribution in [0.5, 0.6) is 0 Å². The Kier molecular flexibility index (Phi) is 6.47. The van der Waals surface area contributed by atoms with E-state index in [1.54, 1.807) is 13.2 Å². The molecule has 2 aliphatic rings. The monoisotopic (exact) mass is 432 g/mol. The van der Waals surface area contributed by atoms with Crippen LogP contribution in [0, 0.1) is 0 Å². The molecule has 0 unspecified atom stereocenters. The number of hydrogen-bond acceptors (Lipinski definition) is 3. The Morgan fingerprint density at radius 1 is 1.06 bits per heavy atom. The van der Waals surface area contributed by atoms with Crippen molar-refractivity contribution in [3.05, 3.63) is 82.9 Å². The molecule has 1 N–H and O–H groups in total. The van der Waals surface area contributed by atoms with Crippen molar-refractivity contribution in [1.82, 2.24) is 10.2 Å². The van der Waals surface area contributed by atoms with Crippen LogP contribution in [0.2, 0.25) is 0 Å². The molecule has 5 nitrogen and oxygen atoms in total. The van der Waals surface area contributed by atoms with Crippen LogP contribution in [0.25, 0.3) is 0 Å². The average molecular weight is 433 g/mol. The Bertz CT molecular complexity index is 1000. The van der Waals surface area contributed by atoms with E-state index in [1.807, 2.05) is 55.1 Å². The summed E-state index contributed by atoms with van der Waals surface area (Å²) >= 11 is 0. The van der Waals surface area contributed by atoms with Crippen molar-refractivity contribution in [3.63, 3.8) is 0 Å². The normalized spacial score (nSPS) is 21.2. The van der Waals surface area contributed by atoms with E-state index in [1.165, 1.54) is 5.56 Å². The van der Waals surface area contributed by atoms with Gasteiger partial charge in [-0.15, -0.1) is 0 Å². The van der Waals surface area contributed by atoms with Crippen molar-refractivity contribution >= 4 is 11.8 Å². The number of methoxy groups -OCH3 is 1. The average Bonchev–Trinajstić information content (AvgIpc) is 3.03. The molecule has 5 heteroatoms. The van der Waals surface area contributed by atoms with Crippen molar-refractivity contribution in [2.75, 3.05) is 20.2 Å². The molecule has 2 aromatic rings. The molecular weight excluding hydrogens is 400 g/mol. The zero-order valence-corrected chi connectivity index (χ0v) is 19.1.